The van der Waals surface area contributed by atoms with Gasteiger partial charge in [0.2, 0.25) is 0 Å². The Hall–Kier alpha value is -1.00. The summed E-state index contributed by atoms with van der Waals surface area (Å²) in [5.74, 6) is -1.88. The molecular weight excluding hydrogens is 212 g/mol. The second-order valence-corrected chi connectivity index (χ2v) is 3.92. The highest BCUT2D eigenvalue weighted by Gasteiger charge is 2.16. The normalized spacial score (nSPS) is 13.1. The van der Waals surface area contributed by atoms with Crippen molar-refractivity contribution in [3.8, 4) is 0 Å². The van der Waals surface area contributed by atoms with Crippen molar-refractivity contribution in [1.29, 1.82) is 0 Å². The van der Waals surface area contributed by atoms with Gasteiger partial charge in [-0.2, -0.15) is 0 Å². The average Bonchev–Trinajstić information content (AvgIpc) is 2.22. The van der Waals surface area contributed by atoms with Crippen LogP contribution in [0.3, 0.4) is 0 Å². The third kappa shape index (κ3) is 3.25. The number of benzene rings is 1. The first-order valence-electron chi connectivity index (χ1n) is 5.36. The third-order valence-electron chi connectivity index (χ3n) is 2.43. The molecule has 0 spiro atoms. The monoisotopic (exact) mass is 229 g/mol. The van der Waals surface area contributed by atoms with E-state index in [4.69, 9.17) is 0 Å². The van der Waals surface area contributed by atoms with E-state index in [0.717, 1.165) is 19.0 Å². The largest absolute Gasteiger partial charge is 0.387 e. The van der Waals surface area contributed by atoms with Crippen molar-refractivity contribution in [2.45, 2.75) is 19.4 Å². The van der Waals surface area contributed by atoms with Gasteiger partial charge in [-0.15, -0.1) is 0 Å². The minimum atomic E-state index is -0.993. The van der Waals surface area contributed by atoms with Gasteiger partial charge in [0.25, 0.3) is 0 Å². The van der Waals surface area contributed by atoms with Gasteiger partial charge in [-0.3, -0.25) is 0 Å². The lowest BCUT2D eigenvalue weighted by molar-refractivity contribution is 0.122. The van der Waals surface area contributed by atoms with Gasteiger partial charge in [-0.25, -0.2) is 8.78 Å². The molecule has 1 N–H and O–H groups in total. The molecule has 1 aromatic rings. The predicted molar refractivity (Wildman–Crippen MR) is 59.1 cm³/mol. The molecule has 4 heteroatoms. The molecule has 0 aromatic heterocycles. The fourth-order valence-electron chi connectivity index (χ4n) is 1.64. The fraction of sp³-hybridized carbons (Fsp3) is 0.500. The maximum absolute atomic E-state index is 13.3. The van der Waals surface area contributed by atoms with Crippen molar-refractivity contribution < 1.29 is 13.9 Å². The smallest absolute Gasteiger partial charge is 0.164 e. The molecule has 0 bridgehead atoms. The summed E-state index contributed by atoms with van der Waals surface area (Å²) in [4.78, 5) is 1.88. The van der Waals surface area contributed by atoms with Gasteiger partial charge < -0.3 is 10.0 Å². The van der Waals surface area contributed by atoms with Crippen LogP contribution in [0.4, 0.5) is 8.78 Å². The van der Waals surface area contributed by atoms with E-state index in [1.807, 2.05) is 18.9 Å². The zero-order valence-corrected chi connectivity index (χ0v) is 9.58. The van der Waals surface area contributed by atoms with Gasteiger partial charge in [-0.1, -0.05) is 19.1 Å². The van der Waals surface area contributed by atoms with E-state index in [2.05, 4.69) is 0 Å². The minimum Gasteiger partial charge on any atom is -0.387 e. The second-order valence-electron chi connectivity index (χ2n) is 3.92. The number of aliphatic hydroxyl groups excluding tert-OH is 1. The van der Waals surface area contributed by atoms with Gasteiger partial charge in [-0.05, 0) is 26.1 Å². The van der Waals surface area contributed by atoms with Crippen molar-refractivity contribution in [2.75, 3.05) is 20.1 Å². The van der Waals surface area contributed by atoms with E-state index in [9.17, 15) is 13.9 Å². The molecule has 0 saturated heterocycles. The summed E-state index contributed by atoms with van der Waals surface area (Å²) in [5, 5.41) is 9.77. The molecule has 1 rings (SSSR count). The van der Waals surface area contributed by atoms with Crippen LogP contribution < -0.4 is 0 Å². The highest BCUT2D eigenvalue weighted by molar-refractivity contribution is 5.21. The average molecular weight is 229 g/mol. The molecule has 0 aliphatic heterocycles. The minimum absolute atomic E-state index is 0.0166. The molecule has 0 aliphatic rings. The molecule has 0 heterocycles. The summed E-state index contributed by atoms with van der Waals surface area (Å²) >= 11 is 0. The Morgan fingerprint density at radius 3 is 2.69 bits per heavy atom. The number of likely N-dealkylation sites (N-methyl/N-ethyl adjacent to an activating group) is 1. The van der Waals surface area contributed by atoms with Crippen LogP contribution in [-0.4, -0.2) is 30.1 Å². The summed E-state index contributed by atoms with van der Waals surface area (Å²) in [6.07, 6.45) is -0.0401. The van der Waals surface area contributed by atoms with Crippen molar-refractivity contribution >= 4 is 0 Å². The Labute approximate surface area is 94.5 Å². The Bertz CT molecular complexity index is 344. The highest BCUT2D eigenvalue weighted by Crippen LogP contribution is 2.19. The molecule has 0 fully saturated rings. The van der Waals surface area contributed by atoms with Crippen molar-refractivity contribution in [3.63, 3.8) is 0 Å². The summed E-state index contributed by atoms with van der Waals surface area (Å²) in [6.45, 7) is 3.13. The number of hydrogen-bond donors (Lipinski definition) is 1. The summed E-state index contributed by atoms with van der Waals surface area (Å²) < 4.78 is 26.3. The second kappa shape index (κ2) is 5.92. The molecule has 1 atom stereocenters. The van der Waals surface area contributed by atoms with Crippen molar-refractivity contribution in [2.24, 2.45) is 0 Å². The molecule has 0 aliphatic carbocycles. The lowest BCUT2D eigenvalue weighted by atomic mass is 10.1. The van der Waals surface area contributed by atoms with Crippen LogP contribution in [-0.2, 0) is 0 Å². The van der Waals surface area contributed by atoms with Crippen molar-refractivity contribution in [1.82, 2.24) is 4.90 Å². The first kappa shape index (κ1) is 13.1. The molecule has 16 heavy (non-hydrogen) atoms. The number of nitrogens with zero attached hydrogens (tertiary/aromatic N) is 1. The van der Waals surface area contributed by atoms with Crippen LogP contribution in [0.1, 0.15) is 25.0 Å². The summed E-state index contributed by atoms with van der Waals surface area (Å²) in [5.41, 5.74) is 0.0166. The van der Waals surface area contributed by atoms with Gasteiger partial charge in [0.15, 0.2) is 11.6 Å². The maximum atomic E-state index is 13.3. The maximum Gasteiger partial charge on any atom is 0.164 e. The Balaban J connectivity index is 2.72. The first-order chi connectivity index (χ1) is 7.56. The molecule has 1 unspecified atom stereocenters. The molecule has 0 radical (unpaired) electrons. The standard InChI is InChI=1S/C12H17F2NO/c1-3-7-15(2)8-11(16)9-5-4-6-10(13)12(9)14/h4-6,11,16H,3,7-8H2,1-2H3. The lowest BCUT2D eigenvalue weighted by Crippen LogP contribution is -2.25. The topological polar surface area (TPSA) is 23.5 Å². The molecular formula is C12H17F2NO. The number of hydrogen-bond acceptors (Lipinski definition) is 2. The van der Waals surface area contributed by atoms with E-state index in [-0.39, 0.29) is 5.56 Å². The van der Waals surface area contributed by atoms with Gasteiger partial charge in [0.1, 0.15) is 0 Å². The van der Waals surface area contributed by atoms with Crippen LogP contribution in [0.25, 0.3) is 0 Å². The predicted octanol–water partition coefficient (Wildman–Crippen LogP) is 2.34. The van der Waals surface area contributed by atoms with E-state index in [1.54, 1.807) is 0 Å². The van der Waals surface area contributed by atoms with Crippen LogP contribution in [0.2, 0.25) is 0 Å². The highest BCUT2D eigenvalue weighted by atomic mass is 19.2. The SMILES string of the molecule is CCCN(C)CC(O)c1cccc(F)c1F. The Morgan fingerprint density at radius 1 is 1.38 bits per heavy atom. The first-order valence-corrected chi connectivity index (χ1v) is 5.36. The molecule has 0 saturated carbocycles. The van der Waals surface area contributed by atoms with Crippen molar-refractivity contribution in [3.05, 3.63) is 35.4 Å². The van der Waals surface area contributed by atoms with E-state index >= 15 is 0 Å². The number of aliphatic hydroxyl groups is 1. The zero-order chi connectivity index (χ0) is 12.1. The quantitative estimate of drug-likeness (QED) is 0.837. The fourth-order valence-corrected chi connectivity index (χ4v) is 1.64. The number of rotatable bonds is 5. The molecule has 1 aromatic carbocycles. The lowest BCUT2D eigenvalue weighted by Gasteiger charge is -2.20. The van der Waals surface area contributed by atoms with Gasteiger partial charge in [0, 0.05) is 12.1 Å². The summed E-state index contributed by atoms with van der Waals surface area (Å²) in [6, 6.07) is 3.85. The molecule has 0 amide bonds. The van der Waals surface area contributed by atoms with Crippen LogP contribution in [0, 0.1) is 11.6 Å². The Morgan fingerprint density at radius 2 is 2.06 bits per heavy atom. The van der Waals surface area contributed by atoms with Crippen LogP contribution in [0.5, 0.6) is 0 Å². The van der Waals surface area contributed by atoms with Crippen LogP contribution in [0.15, 0.2) is 18.2 Å². The van der Waals surface area contributed by atoms with E-state index < -0.39 is 17.7 Å². The number of halogens is 2. The molecule has 90 valence electrons. The molecule has 2 nitrogen and oxygen atoms in total. The van der Waals surface area contributed by atoms with E-state index in [0.29, 0.717) is 6.54 Å². The van der Waals surface area contributed by atoms with Crippen LogP contribution >= 0.6 is 0 Å². The third-order valence-corrected chi connectivity index (χ3v) is 2.43. The Kier molecular flexibility index (Phi) is 4.83. The van der Waals surface area contributed by atoms with Gasteiger partial charge >= 0.3 is 0 Å². The summed E-state index contributed by atoms with van der Waals surface area (Å²) in [7, 11) is 1.84. The zero-order valence-electron chi connectivity index (χ0n) is 9.58. The van der Waals surface area contributed by atoms with E-state index in [1.165, 1.54) is 12.1 Å². The van der Waals surface area contributed by atoms with Gasteiger partial charge in [0.05, 0.1) is 6.10 Å².